The molecule has 21 heavy (non-hydrogen) atoms. The molecule has 0 saturated carbocycles. The van der Waals surface area contributed by atoms with Crippen LogP contribution in [-0.2, 0) is 19.6 Å². The molecular formula is C16H13ClFNO2. The molecule has 1 heterocycles. The first-order chi connectivity index (χ1) is 10.0. The largest absolute Gasteiger partial charge is 0.478 e. The number of nitrogens with zero attached hydrogens (tertiary/aromatic N) is 1. The number of aromatic carboxylic acids is 1. The molecule has 1 aliphatic heterocycles. The van der Waals surface area contributed by atoms with E-state index in [0.29, 0.717) is 30.2 Å². The van der Waals surface area contributed by atoms with Crippen LogP contribution in [0, 0.1) is 5.82 Å². The molecule has 0 aliphatic carbocycles. The van der Waals surface area contributed by atoms with E-state index in [4.69, 9.17) is 16.7 Å². The lowest BCUT2D eigenvalue weighted by molar-refractivity contribution is 0.0696. The van der Waals surface area contributed by atoms with E-state index in [1.165, 1.54) is 12.1 Å². The number of carboxylic acids is 1. The molecule has 0 aromatic heterocycles. The molecule has 0 spiro atoms. The van der Waals surface area contributed by atoms with Crippen LogP contribution in [0.5, 0.6) is 0 Å². The molecule has 0 amide bonds. The van der Waals surface area contributed by atoms with Crippen molar-refractivity contribution >= 4 is 17.6 Å². The Balaban J connectivity index is 1.78. The van der Waals surface area contributed by atoms with Gasteiger partial charge < -0.3 is 5.11 Å². The molecule has 0 unspecified atom stereocenters. The summed E-state index contributed by atoms with van der Waals surface area (Å²) in [5.74, 6) is -1.21. The van der Waals surface area contributed by atoms with Crippen LogP contribution in [0.25, 0.3) is 0 Å². The van der Waals surface area contributed by atoms with Gasteiger partial charge in [0, 0.05) is 30.2 Å². The average Bonchev–Trinajstić information content (AvgIpc) is 2.84. The first-order valence-electron chi connectivity index (χ1n) is 6.54. The van der Waals surface area contributed by atoms with Gasteiger partial charge in [-0.3, -0.25) is 4.90 Å². The van der Waals surface area contributed by atoms with Crippen LogP contribution in [0.15, 0.2) is 36.4 Å². The van der Waals surface area contributed by atoms with Crippen LogP contribution in [0.1, 0.15) is 27.0 Å². The molecule has 108 valence electrons. The van der Waals surface area contributed by atoms with Gasteiger partial charge in [0.15, 0.2) is 0 Å². The Morgan fingerprint density at radius 3 is 2.71 bits per heavy atom. The topological polar surface area (TPSA) is 40.5 Å². The van der Waals surface area contributed by atoms with Crippen LogP contribution < -0.4 is 0 Å². The summed E-state index contributed by atoms with van der Waals surface area (Å²) in [6, 6.07) is 9.63. The summed E-state index contributed by atoms with van der Waals surface area (Å²) in [5, 5.41) is 9.52. The Morgan fingerprint density at radius 1 is 1.19 bits per heavy atom. The van der Waals surface area contributed by atoms with Gasteiger partial charge >= 0.3 is 5.97 Å². The third-order valence-corrected chi connectivity index (χ3v) is 3.88. The number of carbonyl (C=O) groups is 1. The number of carboxylic acid groups (broad SMARTS) is 1. The minimum absolute atomic E-state index is 0.276. The van der Waals surface area contributed by atoms with Gasteiger partial charge in [0.2, 0.25) is 0 Å². The Kier molecular flexibility index (Phi) is 3.66. The van der Waals surface area contributed by atoms with Crippen LogP contribution in [0.3, 0.4) is 0 Å². The number of halogens is 2. The summed E-state index contributed by atoms with van der Waals surface area (Å²) in [6.45, 7) is 1.74. The molecule has 1 N–H and O–H groups in total. The lowest BCUT2D eigenvalue weighted by atomic mass is 10.1. The zero-order chi connectivity index (χ0) is 15.0. The second kappa shape index (κ2) is 5.47. The predicted octanol–water partition coefficient (Wildman–Crippen LogP) is 3.69. The van der Waals surface area contributed by atoms with Crippen LogP contribution >= 0.6 is 11.6 Å². The third-order valence-electron chi connectivity index (χ3n) is 3.64. The van der Waals surface area contributed by atoms with E-state index in [-0.39, 0.29) is 11.4 Å². The predicted molar refractivity (Wildman–Crippen MR) is 77.8 cm³/mol. The van der Waals surface area contributed by atoms with E-state index in [1.54, 1.807) is 18.2 Å². The van der Waals surface area contributed by atoms with Gasteiger partial charge in [0.1, 0.15) is 5.82 Å². The standard InChI is InChI=1S/C16H13ClFNO2/c17-14-3-4-15(18)13(6-14)9-19-7-11-2-1-10(16(20)21)5-12(11)8-19/h1-6H,7-9H2,(H,20,21). The molecule has 3 rings (SSSR count). The Bertz CT molecular complexity index is 717. The first-order valence-corrected chi connectivity index (χ1v) is 6.92. The second-order valence-corrected chi connectivity index (χ2v) is 5.61. The van der Waals surface area contributed by atoms with Gasteiger partial charge in [-0.15, -0.1) is 0 Å². The minimum Gasteiger partial charge on any atom is -0.478 e. The fraction of sp³-hybridized carbons (Fsp3) is 0.188. The molecule has 0 radical (unpaired) electrons. The van der Waals surface area contributed by atoms with Crippen molar-refractivity contribution in [2.24, 2.45) is 0 Å². The van der Waals surface area contributed by atoms with Gasteiger partial charge in [0.25, 0.3) is 0 Å². The fourth-order valence-electron chi connectivity index (χ4n) is 2.62. The second-order valence-electron chi connectivity index (χ2n) is 5.17. The highest BCUT2D eigenvalue weighted by Crippen LogP contribution is 2.26. The highest BCUT2D eigenvalue weighted by atomic mass is 35.5. The van der Waals surface area contributed by atoms with Crippen molar-refractivity contribution in [2.75, 3.05) is 0 Å². The molecule has 3 nitrogen and oxygen atoms in total. The quantitative estimate of drug-likeness (QED) is 0.940. The Morgan fingerprint density at radius 2 is 1.95 bits per heavy atom. The van der Waals surface area contributed by atoms with Gasteiger partial charge in [-0.2, -0.15) is 0 Å². The lowest BCUT2D eigenvalue weighted by Gasteiger charge is -2.15. The highest BCUT2D eigenvalue weighted by molar-refractivity contribution is 6.30. The number of rotatable bonds is 3. The molecule has 0 atom stereocenters. The van der Waals surface area contributed by atoms with E-state index in [1.807, 2.05) is 6.07 Å². The molecule has 0 fully saturated rings. The normalized spacial score (nSPS) is 14.2. The molecular weight excluding hydrogens is 293 g/mol. The monoisotopic (exact) mass is 305 g/mol. The molecule has 0 saturated heterocycles. The number of hydrogen-bond donors (Lipinski definition) is 1. The van der Waals surface area contributed by atoms with Crippen molar-refractivity contribution < 1.29 is 14.3 Å². The Hall–Kier alpha value is -1.91. The summed E-state index contributed by atoms with van der Waals surface area (Å²) in [4.78, 5) is 13.0. The summed E-state index contributed by atoms with van der Waals surface area (Å²) >= 11 is 5.90. The van der Waals surface area contributed by atoms with Crippen molar-refractivity contribution in [1.29, 1.82) is 0 Å². The number of hydrogen-bond acceptors (Lipinski definition) is 2. The van der Waals surface area contributed by atoms with E-state index in [2.05, 4.69) is 4.90 Å². The molecule has 5 heteroatoms. The summed E-state index contributed by atoms with van der Waals surface area (Å²) in [5.41, 5.74) is 2.90. The van der Waals surface area contributed by atoms with E-state index in [9.17, 15) is 9.18 Å². The van der Waals surface area contributed by atoms with E-state index >= 15 is 0 Å². The average molecular weight is 306 g/mol. The fourth-order valence-corrected chi connectivity index (χ4v) is 2.81. The molecule has 1 aliphatic rings. The van der Waals surface area contributed by atoms with Crippen molar-refractivity contribution in [1.82, 2.24) is 4.90 Å². The van der Waals surface area contributed by atoms with Gasteiger partial charge in [-0.25, -0.2) is 9.18 Å². The van der Waals surface area contributed by atoms with Crippen molar-refractivity contribution in [3.05, 3.63) is 69.5 Å². The summed E-state index contributed by atoms with van der Waals surface area (Å²) in [7, 11) is 0. The van der Waals surface area contributed by atoms with E-state index < -0.39 is 5.97 Å². The van der Waals surface area contributed by atoms with Crippen molar-refractivity contribution in [2.45, 2.75) is 19.6 Å². The van der Waals surface area contributed by atoms with Crippen LogP contribution in [0.2, 0.25) is 5.02 Å². The maximum absolute atomic E-state index is 13.8. The maximum atomic E-state index is 13.8. The summed E-state index contributed by atoms with van der Waals surface area (Å²) < 4.78 is 13.8. The first kappa shape index (κ1) is 14.0. The van der Waals surface area contributed by atoms with Gasteiger partial charge in [-0.05, 0) is 41.5 Å². The summed E-state index contributed by atoms with van der Waals surface area (Å²) in [6.07, 6.45) is 0. The third kappa shape index (κ3) is 2.91. The zero-order valence-electron chi connectivity index (χ0n) is 11.1. The van der Waals surface area contributed by atoms with Gasteiger partial charge in [-0.1, -0.05) is 17.7 Å². The number of benzene rings is 2. The highest BCUT2D eigenvalue weighted by Gasteiger charge is 2.21. The van der Waals surface area contributed by atoms with E-state index in [0.717, 1.165) is 11.1 Å². The van der Waals surface area contributed by atoms with Crippen molar-refractivity contribution in [3.63, 3.8) is 0 Å². The Labute approximate surface area is 126 Å². The van der Waals surface area contributed by atoms with Crippen molar-refractivity contribution in [3.8, 4) is 0 Å². The van der Waals surface area contributed by atoms with Crippen LogP contribution in [0.4, 0.5) is 4.39 Å². The SMILES string of the molecule is O=C(O)c1ccc2c(c1)CN(Cc1cc(Cl)ccc1F)C2. The molecule has 2 aromatic carbocycles. The lowest BCUT2D eigenvalue weighted by Crippen LogP contribution is -2.16. The smallest absolute Gasteiger partial charge is 0.335 e. The molecule has 0 bridgehead atoms. The maximum Gasteiger partial charge on any atom is 0.335 e. The number of fused-ring (bicyclic) bond motifs is 1. The molecule has 2 aromatic rings. The minimum atomic E-state index is -0.933. The van der Waals surface area contributed by atoms with Gasteiger partial charge in [0.05, 0.1) is 5.56 Å². The zero-order valence-corrected chi connectivity index (χ0v) is 11.9. The van der Waals surface area contributed by atoms with Crippen LogP contribution in [-0.4, -0.2) is 16.0 Å².